The summed E-state index contributed by atoms with van der Waals surface area (Å²) in [6, 6.07) is 0.726. The third-order valence-electron chi connectivity index (χ3n) is 4.73. The van der Waals surface area contributed by atoms with Gasteiger partial charge in [0.25, 0.3) is 0 Å². The summed E-state index contributed by atoms with van der Waals surface area (Å²) in [6.07, 6.45) is 5.85. The molecular weight excluding hydrogens is 226 g/mol. The van der Waals surface area contributed by atoms with Gasteiger partial charge in [0.05, 0.1) is 12.7 Å². The van der Waals surface area contributed by atoms with Crippen LogP contribution in [0.15, 0.2) is 0 Å². The highest BCUT2D eigenvalue weighted by atomic mass is 16.5. The topological polar surface area (TPSA) is 27.7 Å². The molecule has 18 heavy (non-hydrogen) atoms. The summed E-state index contributed by atoms with van der Waals surface area (Å²) < 4.78 is 5.88. The van der Waals surface area contributed by atoms with E-state index in [1.54, 1.807) is 0 Å². The van der Waals surface area contributed by atoms with Gasteiger partial charge in [-0.1, -0.05) is 0 Å². The summed E-state index contributed by atoms with van der Waals surface area (Å²) in [5, 5.41) is 3.48. The molecule has 0 bridgehead atoms. The van der Waals surface area contributed by atoms with Crippen molar-refractivity contribution in [3.8, 4) is 0 Å². The molecule has 4 heteroatoms. The molecule has 0 aromatic heterocycles. The highest BCUT2D eigenvalue weighted by Crippen LogP contribution is 2.29. The normalized spacial score (nSPS) is 35.3. The second-order valence-electron chi connectivity index (χ2n) is 5.89. The van der Waals surface area contributed by atoms with Gasteiger partial charge in [0, 0.05) is 38.8 Å². The minimum absolute atomic E-state index is 0.546. The molecule has 1 N–H and O–H groups in total. The third-order valence-corrected chi connectivity index (χ3v) is 4.73. The molecule has 2 unspecified atom stereocenters. The Morgan fingerprint density at radius 2 is 2.00 bits per heavy atom. The number of nitrogens with one attached hydrogen (secondary N) is 1. The first-order chi connectivity index (χ1) is 8.93. The van der Waals surface area contributed by atoms with Gasteiger partial charge >= 0.3 is 0 Å². The van der Waals surface area contributed by atoms with Crippen LogP contribution in [0.25, 0.3) is 0 Å². The van der Waals surface area contributed by atoms with Crippen molar-refractivity contribution in [2.75, 3.05) is 52.4 Å². The molecule has 0 aromatic carbocycles. The van der Waals surface area contributed by atoms with Crippen LogP contribution in [0.1, 0.15) is 25.7 Å². The van der Waals surface area contributed by atoms with E-state index in [9.17, 15) is 0 Å². The first-order valence-electron chi connectivity index (χ1n) is 7.72. The quantitative estimate of drug-likeness (QED) is 0.794. The standard InChI is InChI=1S/C14H27N3O/c1-3-13-14(4-1)18-12-11-17(13)10-9-16-7-2-5-15-6-8-16/h13-15H,1-12H2. The molecule has 1 aliphatic carbocycles. The van der Waals surface area contributed by atoms with Gasteiger partial charge in [0.2, 0.25) is 0 Å². The van der Waals surface area contributed by atoms with E-state index in [-0.39, 0.29) is 0 Å². The SMILES string of the molecule is C1CC2OCCN(CCN3CCCNCC3)C2C1. The van der Waals surface area contributed by atoms with Crippen LogP contribution in [0, 0.1) is 0 Å². The lowest BCUT2D eigenvalue weighted by Crippen LogP contribution is -2.50. The van der Waals surface area contributed by atoms with Crippen molar-refractivity contribution >= 4 is 0 Å². The second kappa shape index (κ2) is 6.33. The van der Waals surface area contributed by atoms with E-state index in [4.69, 9.17) is 4.74 Å². The molecule has 104 valence electrons. The predicted molar refractivity (Wildman–Crippen MR) is 72.9 cm³/mol. The molecule has 0 spiro atoms. The lowest BCUT2D eigenvalue weighted by atomic mass is 10.1. The zero-order valence-electron chi connectivity index (χ0n) is 11.4. The Morgan fingerprint density at radius 1 is 1.00 bits per heavy atom. The number of hydrogen-bond acceptors (Lipinski definition) is 4. The number of morpholine rings is 1. The first-order valence-corrected chi connectivity index (χ1v) is 7.72. The third kappa shape index (κ3) is 3.05. The van der Waals surface area contributed by atoms with Crippen LogP contribution in [0.5, 0.6) is 0 Å². The van der Waals surface area contributed by atoms with E-state index in [1.807, 2.05) is 0 Å². The van der Waals surface area contributed by atoms with E-state index < -0.39 is 0 Å². The Bertz CT molecular complexity index is 253. The van der Waals surface area contributed by atoms with Crippen LogP contribution in [0.2, 0.25) is 0 Å². The monoisotopic (exact) mass is 253 g/mol. The summed E-state index contributed by atoms with van der Waals surface area (Å²) in [7, 11) is 0. The molecule has 3 fully saturated rings. The van der Waals surface area contributed by atoms with Gasteiger partial charge in [-0.3, -0.25) is 4.90 Å². The lowest BCUT2D eigenvalue weighted by Gasteiger charge is -2.38. The average Bonchev–Trinajstić information content (AvgIpc) is 2.73. The van der Waals surface area contributed by atoms with E-state index in [1.165, 1.54) is 58.4 Å². The molecule has 0 aromatic rings. The van der Waals surface area contributed by atoms with Crippen LogP contribution in [-0.4, -0.2) is 74.4 Å². The van der Waals surface area contributed by atoms with Crippen LogP contribution in [0.4, 0.5) is 0 Å². The van der Waals surface area contributed by atoms with Gasteiger partial charge in [-0.25, -0.2) is 0 Å². The van der Waals surface area contributed by atoms with Gasteiger partial charge in [-0.2, -0.15) is 0 Å². The van der Waals surface area contributed by atoms with Gasteiger partial charge in [0.1, 0.15) is 0 Å². The number of fused-ring (bicyclic) bond motifs is 1. The summed E-state index contributed by atoms with van der Waals surface area (Å²) >= 11 is 0. The Hall–Kier alpha value is -0.160. The van der Waals surface area contributed by atoms with Crippen LogP contribution in [0.3, 0.4) is 0 Å². The fourth-order valence-corrected chi connectivity index (χ4v) is 3.68. The summed E-state index contributed by atoms with van der Waals surface area (Å²) in [4.78, 5) is 5.32. The molecule has 3 rings (SSSR count). The highest BCUT2D eigenvalue weighted by molar-refractivity contribution is 4.89. The Morgan fingerprint density at radius 3 is 3.00 bits per heavy atom. The fourth-order valence-electron chi connectivity index (χ4n) is 3.68. The van der Waals surface area contributed by atoms with E-state index in [0.29, 0.717) is 6.10 Å². The zero-order valence-corrected chi connectivity index (χ0v) is 11.4. The maximum absolute atomic E-state index is 5.88. The first kappa shape index (κ1) is 12.9. The summed E-state index contributed by atoms with van der Waals surface area (Å²) in [5.41, 5.74) is 0. The molecule has 0 amide bonds. The number of ether oxygens (including phenoxy) is 1. The molecular formula is C14H27N3O. The molecule has 1 saturated carbocycles. The van der Waals surface area contributed by atoms with Crippen molar-refractivity contribution in [1.29, 1.82) is 0 Å². The molecule has 2 saturated heterocycles. The van der Waals surface area contributed by atoms with Crippen molar-refractivity contribution in [3.05, 3.63) is 0 Å². The van der Waals surface area contributed by atoms with Gasteiger partial charge in [-0.15, -0.1) is 0 Å². The van der Waals surface area contributed by atoms with Crippen LogP contribution < -0.4 is 5.32 Å². The van der Waals surface area contributed by atoms with E-state index >= 15 is 0 Å². The number of rotatable bonds is 3. The Balaban J connectivity index is 1.46. The van der Waals surface area contributed by atoms with Crippen LogP contribution >= 0.6 is 0 Å². The van der Waals surface area contributed by atoms with E-state index in [2.05, 4.69) is 15.1 Å². The Kier molecular flexibility index (Phi) is 4.52. The van der Waals surface area contributed by atoms with Gasteiger partial charge in [0.15, 0.2) is 0 Å². The summed E-state index contributed by atoms with van der Waals surface area (Å²) in [5.74, 6) is 0. The maximum Gasteiger partial charge on any atom is 0.0730 e. The van der Waals surface area contributed by atoms with E-state index in [0.717, 1.165) is 25.7 Å². The minimum atomic E-state index is 0.546. The maximum atomic E-state index is 5.88. The number of nitrogens with zero attached hydrogens (tertiary/aromatic N) is 2. The van der Waals surface area contributed by atoms with Crippen molar-refractivity contribution in [2.24, 2.45) is 0 Å². The molecule has 0 radical (unpaired) electrons. The fraction of sp³-hybridized carbons (Fsp3) is 1.00. The molecule has 2 heterocycles. The van der Waals surface area contributed by atoms with Gasteiger partial charge < -0.3 is 15.0 Å². The van der Waals surface area contributed by atoms with Gasteiger partial charge in [-0.05, 0) is 38.8 Å². The minimum Gasteiger partial charge on any atom is -0.375 e. The second-order valence-corrected chi connectivity index (χ2v) is 5.89. The molecule has 4 nitrogen and oxygen atoms in total. The molecule has 2 atom stereocenters. The predicted octanol–water partition coefficient (Wildman–Crippen LogP) is 0.535. The van der Waals surface area contributed by atoms with Crippen molar-refractivity contribution in [3.63, 3.8) is 0 Å². The smallest absolute Gasteiger partial charge is 0.0730 e. The highest BCUT2D eigenvalue weighted by Gasteiger charge is 2.35. The molecule has 2 aliphatic heterocycles. The largest absolute Gasteiger partial charge is 0.375 e. The summed E-state index contributed by atoms with van der Waals surface area (Å²) in [6.45, 7) is 9.42. The number of hydrogen-bond donors (Lipinski definition) is 1. The van der Waals surface area contributed by atoms with Crippen molar-refractivity contribution in [2.45, 2.75) is 37.8 Å². The van der Waals surface area contributed by atoms with Crippen LogP contribution in [-0.2, 0) is 4.74 Å². The van der Waals surface area contributed by atoms with Crippen molar-refractivity contribution in [1.82, 2.24) is 15.1 Å². The zero-order chi connectivity index (χ0) is 12.2. The Labute approximate surface area is 111 Å². The van der Waals surface area contributed by atoms with Crippen molar-refractivity contribution < 1.29 is 4.74 Å². The molecule has 3 aliphatic rings. The lowest BCUT2D eigenvalue weighted by molar-refractivity contribution is -0.0573. The average molecular weight is 253 g/mol.